The highest BCUT2D eigenvalue weighted by Gasteiger charge is 2.32. The van der Waals surface area contributed by atoms with Crippen molar-refractivity contribution in [1.29, 1.82) is 0 Å². The molecule has 2 N–H and O–H groups in total. The average molecular weight is 387 g/mol. The lowest BCUT2D eigenvalue weighted by atomic mass is 10.0. The van der Waals surface area contributed by atoms with Crippen LogP contribution in [0.1, 0.15) is 48.9 Å². The van der Waals surface area contributed by atoms with Gasteiger partial charge in [-0.05, 0) is 43.9 Å². The summed E-state index contributed by atoms with van der Waals surface area (Å²) in [6, 6.07) is 4.66. The first-order chi connectivity index (χ1) is 11.8. The van der Waals surface area contributed by atoms with E-state index in [9.17, 15) is 18.3 Å². The Morgan fingerprint density at radius 1 is 1.24 bits per heavy atom. The number of halogens is 1. The van der Waals surface area contributed by atoms with Crippen LogP contribution in [-0.2, 0) is 10.0 Å². The Kier molecular flexibility index (Phi) is 5.27. The molecule has 1 amide bonds. The number of hydrogen-bond donors (Lipinski definition) is 2. The van der Waals surface area contributed by atoms with Crippen molar-refractivity contribution in [3.63, 3.8) is 0 Å². The minimum absolute atomic E-state index is 0.130. The molecule has 3 rings (SSSR count). The van der Waals surface area contributed by atoms with Gasteiger partial charge in [-0.3, -0.25) is 9.10 Å². The molecule has 1 aromatic carbocycles. The van der Waals surface area contributed by atoms with Crippen LogP contribution in [-0.4, -0.2) is 43.9 Å². The number of sulfonamides is 1. The molecule has 6 nitrogen and oxygen atoms in total. The fourth-order valence-electron chi connectivity index (χ4n) is 3.47. The molecule has 0 atom stereocenters. The Bertz CT molecular complexity index is 760. The fourth-order valence-corrected chi connectivity index (χ4v) is 5.36. The van der Waals surface area contributed by atoms with Gasteiger partial charge < -0.3 is 10.4 Å². The second kappa shape index (κ2) is 7.13. The number of benzene rings is 1. The van der Waals surface area contributed by atoms with Crippen molar-refractivity contribution in [2.24, 2.45) is 0 Å². The van der Waals surface area contributed by atoms with Crippen LogP contribution in [0.4, 0.5) is 5.69 Å². The Balaban J connectivity index is 1.72. The summed E-state index contributed by atoms with van der Waals surface area (Å²) in [5, 5.41) is 13.2. The molecule has 1 heterocycles. The first kappa shape index (κ1) is 18.5. The number of rotatable bonds is 4. The predicted octanol–water partition coefficient (Wildman–Crippen LogP) is 2.30. The van der Waals surface area contributed by atoms with Crippen molar-refractivity contribution in [2.45, 2.75) is 44.1 Å². The van der Waals surface area contributed by atoms with Gasteiger partial charge >= 0.3 is 0 Å². The summed E-state index contributed by atoms with van der Waals surface area (Å²) in [4.78, 5) is 12.3. The molecule has 2 aliphatic rings. The molecule has 1 aliphatic heterocycles. The normalized spacial score (nSPS) is 21.9. The second-order valence-corrected chi connectivity index (χ2v) is 9.29. The van der Waals surface area contributed by atoms with E-state index in [2.05, 4.69) is 5.32 Å². The summed E-state index contributed by atoms with van der Waals surface area (Å²) in [7, 11) is -3.31. The van der Waals surface area contributed by atoms with Gasteiger partial charge in [0, 0.05) is 13.1 Å². The van der Waals surface area contributed by atoms with Crippen LogP contribution in [0, 0.1) is 0 Å². The molecule has 1 saturated heterocycles. The molecule has 2 fully saturated rings. The maximum Gasteiger partial charge on any atom is 0.252 e. The Labute approximate surface area is 153 Å². The summed E-state index contributed by atoms with van der Waals surface area (Å²) < 4.78 is 25.7. The first-order valence-corrected chi connectivity index (χ1v) is 10.6. The number of nitrogens with one attached hydrogen (secondary N) is 1. The zero-order valence-electron chi connectivity index (χ0n) is 14.0. The van der Waals surface area contributed by atoms with E-state index in [4.69, 9.17) is 11.6 Å². The van der Waals surface area contributed by atoms with E-state index in [1.54, 1.807) is 6.07 Å². The number of nitrogens with zero attached hydrogens (tertiary/aromatic N) is 1. The van der Waals surface area contributed by atoms with Gasteiger partial charge in [-0.1, -0.05) is 24.4 Å². The zero-order chi connectivity index (χ0) is 18.1. The van der Waals surface area contributed by atoms with E-state index in [-0.39, 0.29) is 28.8 Å². The third-order valence-corrected chi connectivity index (χ3v) is 7.13. The summed E-state index contributed by atoms with van der Waals surface area (Å²) in [5.74, 6) is -0.232. The third-order valence-electron chi connectivity index (χ3n) is 4.95. The Hall–Kier alpha value is -1.31. The molecule has 138 valence electrons. The van der Waals surface area contributed by atoms with Crippen LogP contribution in [0.15, 0.2) is 18.2 Å². The topological polar surface area (TPSA) is 86.7 Å². The summed E-state index contributed by atoms with van der Waals surface area (Å²) >= 11 is 6.22. The highest BCUT2D eigenvalue weighted by Crippen LogP contribution is 2.30. The van der Waals surface area contributed by atoms with Gasteiger partial charge in [-0.15, -0.1) is 0 Å². The monoisotopic (exact) mass is 386 g/mol. The van der Waals surface area contributed by atoms with E-state index >= 15 is 0 Å². The van der Waals surface area contributed by atoms with Crippen molar-refractivity contribution < 1.29 is 18.3 Å². The van der Waals surface area contributed by atoms with E-state index in [0.717, 1.165) is 19.3 Å². The van der Waals surface area contributed by atoms with E-state index in [0.29, 0.717) is 31.5 Å². The minimum Gasteiger partial charge on any atom is -0.388 e. The van der Waals surface area contributed by atoms with E-state index < -0.39 is 15.6 Å². The van der Waals surface area contributed by atoms with Gasteiger partial charge in [-0.2, -0.15) is 0 Å². The molecule has 1 aromatic rings. The number of carbonyl (C=O) groups excluding carboxylic acids is 1. The van der Waals surface area contributed by atoms with Crippen LogP contribution in [0.3, 0.4) is 0 Å². The quantitative estimate of drug-likeness (QED) is 0.831. The number of amides is 1. The maximum absolute atomic E-state index is 12.3. The van der Waals surface area contributed by atoms with Crippen molar-refractivity contribution >= 4 is 33.2 Å². The molecule has 0 radical (unpaired) electrons. The van der Waals surface area contributed by atoms with E-state index in [1.807, 2.05) is 0 Å². The van der Waals surface area contributed by atoms with Crippen molar-refractivity contribution in [1.82, 2.24) is 5.32 Å². The zero-order valence-corrected chi connectivity index (χ0v) is 15.6. The smallest absolute Gasteiger partial charge is 0.252 e. The predicted molar refractivity (Wildman–Crippen MR) is 97.6 cm³/mol. The van der Waals surface area contributed by atoms with Gasteiger partial charge in [0.1, 0.15) is 0 Å². The van der Waals surface area contributed by atoms with Gasteiger partial charge in [0.25, 0.3) is 5.91 Å². The van der Waals surface area contributed by atoms with Gasteiger partial charge in [-0.25, -0.2) is 8.42 Å². The molecule has 0 bridgehead atoms. The van der Waals surface area contributed by atoms with E-state index in [1.165, 1.54) is 16.4 Å². The molecule has 1 aliphatic carbocycles. The molecular formula is C17H23ClN2O4S. The van der Waals surface area contributed by atoms with Gasteiger partial charge in [0.2, 0.25) is 10.0 Å². The molecule has 25 heavy (non-hydrogen) atoms. The largest absolute Gasteiger partial charge is 0.388 e. The number of anilines is 1. The first-order valence-electron chi connectivity index (χ1n) is 8.61. The molecular weight excluding hydrogens is 364 g/mol. The second-order valence-electron chi connectivity index (χ2n) is 6.87. The fraction of sp³-hybridized carbons (Fsp3) is 0.588. The van der Waals surface area contributed by atoms with Crippen molar-refractivity contribution in [3.05, 3.63) is 28.8 Å². The molecule has 8 heteroatoms. The van der Waals surface area contributed by atoms with Gasteiger partial charge in [0.15, 0.2) is 0 Å². The van der Waals surface area contributed by atoms with Crippen LogP contribution in [0.2, 0.25) is 5.02 Å². The van der Waals surface area contributed by atoms with Crippen LogP contribution >= 0.6 is 11.6 Å². The number of aliphatic hydroxyl groups is 1. The summed E-state index contributed by atoms with van der Waals surface area (Å²) in [5.41, 5.74) is -0.0682. The van der Waals surface area contributed by atoms with Crippen LogP contribution < -0.4 is 9.62 Å². The average Bonchev–Trinajstić information content (AvgIpc) is 2.99. The lowest BCUT2D eigenvalue weighted by Crippen LogP contribution is -2.41. The molecule has 0 unspecified atom stereocenters. The standard InChI is InChI=1S/C17H23ClN2O4S/c18-15-11-13(20-9-3-4-10-25(20,23)24)5-6-14(15)16(21)19-12-17(22)7-1-2-8-17/h5-6,11,22H,1-4,7-10,12H2,(H,19,21). The summed E-state index contributed by atoms with van der Waals surface area (Å²) in [6.45, 7) is 0.627. The number of hydrogen-bond acceptors (Lipinski definition) is 4. The minimum atomic E-state index is -3.31. The number of carbonyl (C=O) groups is 1. The SMILES string of the molecule is O=C(NCC1(O)CCCC1)c1ccc(N2CCCCS2(=O)=O)cc1Cl. The Morgan fingerprint density at radius 3 is 2.60 bits per heavy atom. The molecule has 0 aromatic heterocycles. The van der Waals surface area contributed by atoms with Crippen LogP contribution in [0.25, 0.3) is 0 Å². The highest BCUT2D eigenvalue weighted by molar-refractivity contribution is 7.92. The lowest BCUT2D eigenvalue weighted by molar-refractivity contribution is 0.0449. The van der Waals surface area contributed by atoms with Crippen molar-refractivity contribution in [2.75, 3.05) is 23.1 Å². The lowest BCUT2D eigenvalue weighted by Gasteiger charge is -2.28. The Morgan fingerprint density at radius 2 is 1.96 bits per heavy atom. The van der Waals surface area contributed by atoms with Crippen LogP contribution in [0.5, 0.6) is 0 Å². The summed E-state index contributed by atoms with van der Waals surface area (Å²) in [6.07, 6.45) is 4.77. The highest BCUT2D eigenvalue weighted by atomic mass is 35.5. The molecule has 1 saturated carbocycles. The third kappa shape index (κ3) is 4.10. The maximum atomic E-state index is 12.3. The van der Waals surface area contributed by atoms with Crippen molar-refractivity contribution in [3.8, 4) is 0 Å². The molecule has 0 spiro atoms. The van der Waals surface area contributed by atoms with Gasteiger partial charge in [0.05, 0.1) is 27.6 Å².